The highest BCUT2D eigenvalue weighted by molar-refractivity contribution is 7.92. The summed E-state index contributed by atoms with van der Waals surface area (Å²) in [5.74, 6) is 1.95. The van der Waals surface area contributed by atoms with Gasteiger partial charge in [-0.2, -0.15) is 8.42 Å². The lowest BCUT2D eigenvalue weighted by atomic mass is 10.1. The van der Waals surface area contributed by atoms with Crippen molar-refractivity contribution in [3.63, 3.8) is 0 Å². The van der Waals surface area contributed by atoms with E-state index in [4.69, 9.17) is 14.2 Å². The Kier molecular flexibility index (Phi) is 4.67. The van der Waals surface area contributed by atoms with Crippen LogP contribution < -0.4 is 23.2 Å². The fraction of sp³-hybridized carbons (Fsp3) is 0.136. The molecule has 31 heavy (non-hydrogen) atoms. The van der Waals surface area contributed by atoms with Crippen molar-refractivity contribution >= 4 is 21.8 Å². The average Bonchev–Trinajstić information content (AvgIpc) is 3.29. The minimum atomic E-state index is -3.84. The summed E-state index contributed by atoms with van der Waals surface area (Å²) in [6.07, 6.45) is -0.334. The highest BCUT2D eigenvalue weighted by Gasteiger charge is 2.34. The monoisotopic (exact) mass is 438 g/mol. The number of nitrogens with zero attached hydrogens (tertiary/aromatic N) is 1. The third kappa shape index (κ3) is 3.75. The van der Waals surface area contributed by atoms with Crippen molar-refractivity contribution in [3.8, 4) is 23.0 Å². The number of amides is 1. The number of rotatable bonds is 5. The predicted molar refractivity (Wildman–Crippen MR) is 113 cm³/mol. The maximum absolute atomic E-state index is 12.0. The van der Waals surface area contributed by atoms with Crippen LogP contribution in [0.1, 0.15) is 11.7 Å². The molecule has 1 saturated heterocycles. The molecule has 3 aromatic rings. The van der Waals surface area contributed by atoms with Crippen LogP contribution in [-0.2, 0) is 15.0 Å². The maximum Gasteiger partial charge on any atom is 0.326 e. The van der Waals surface area contributed by atoms with Gasteiger partial charge in [0.05, 0.1) is 5.69 Å². The highest BCUT2D eigenvalue weighted by atomic mass is 32.2. The topological polar surface area (TPSA) is 94.2 Å². The number of carbonyl (C=O) groups excluding carboxylic acids is 1. The number of carbonyl (C=O) groups is 1. The van der Waals surface area contributed by atoms with Gasteiger partial charge in [0.2, 0.25) is 0 Å². The number of para-hydroxylation sites is 2. The van der Waals surface area contributed by atoms with Crippen LogP contribution in [0.3, 0.4) is 0 Å². The molecule has 0 saturated carbocycles. The third-order valence-electron chi connectivity index (χ3n) is 4.93. The Bertz CT molecular complexity index is 1230. The molecular formula is C22H18N2O6S. The van der Waals surface area contributed by atoms with E-state index in [2.05, 4.69) is 0 Å². The quantitative estimate of drug-likeness (QED) is 0.658. The summed E-state index contributed by atoms with van der Waals surface area (Å²) in [7, 11) is -3.84. The Balaban J connectivity index is 1.33. The summed E-state index contributed by atoms with van der Waals surface area (Å²) in [5.41, 5.74) is 1.25. The molecule has 0 spiro atoms. The third-order valence-corrected chi connectivity index (χ3v) is 6.34. The van der Waals surface area contributed by atoms with E-state index in [0.717, 1.165) is 9.87 Å². The van der Waals surface area contributed by atoms with Gasteiger partial charge in [-0.05, 0) is 42.5 Å². The Morgan fingerprint density at radius 1 is 0.935 bits per heavy atom. The van der Waals surface area contributed by atoms with Crippen molar-refractivity contribution in [3.05, 3.63) is 78.4 Å². The summed E-state index contributed by atoms with van der Waals surface area (Å²) in [6.45, 7) is 0.0851. The first-order chi connectivity index (χ1) is 15.0. The molecule has 158 valence electrons. The molecule has 0 aromatic heterocycles. The van der Waals surface area contributed by atoms with Gasteiger partial charge in [0.25, 0.3) is 5.91 Å². The Labute approximate surface area is 179 Å². The van der Waals surface area contributed by atoms with Crippen LogP contribution in [0.25, 0.3) is 0 Å². The van der Waals surface area contributed by atoms with Gasteiger partial charge in [-0.25, -0.2) is 9.03 Å². The fourth-order valence-corrected chi connectivity index (χ4v) is 4.66. The zero-order chi connectivity index (χ0) is 21.4. The van der Waals surface area contributed by atoms with Crippen LogP contribution >= 0.6 is 0 Å². The molecule has 0 unspecified atom stereocenters. The van der Waals surface area contributed by atoms with E-state index in [1.54, 1.807) is 24.3 Å². The smallest absolute Gasteiger partial charge is 0.326 e. The van der Waals surface area contributed by atoms with E-state index < -0.39 is 16.1 Å². The van der Waals surface area contributed by atoms with Gasteiger partial charge in [0.1, 0.15) is 24.7 Å². The van der Waals surface area contributed by atoms with Gasteiger partial charge in [0.15, 0.2) is 17.6 Å². The van der Waals surface area contributed by atoms with E-state index in [1.165, 1.54) is 0 Å². The van der Waals surface area contributed by atoms with E-state index in [1.807, 2.05) is 53.3 Å². The lowest BCUT2D eigenvalue weighted by Gasteiger charge is -2.16. The first kappa shape index (κ1) is 19.3. The van der Waals surface area contributed by atoms with Gasteiger partial charge in [-0.1, -0.05) is 30.3 Å². The zero-order valence-electron chi connectivity index (χ0n) is 16.2. The van der Waals surface area contributed by atoms with Crippen LogP contribution in [0.15, 0.2) is 72.8 Å². The number of benzene rings is 3. The van der Waals surface area contributed by atoms with Gasteiger partial charge >= 0.3 is 10.2 Å². The first-order valence-electron chi connectivity index (χ1n) is 9.58. The summed E-state index contributed by atoms with van der Waals surface area (Å²) >= 11 is 0. The normalized spacial score (nSPS) is 18.8. The number of fused-ring (bicyclic) bond motifs is 1. The Morgan fingerprint density at radius 2 is 1.71 bits per heavy atom. The second kappa shape index (κ2) is 7.51. The molecule has 3 aromatic carbocycles. The number of hydrogen-bond donors (Lipinski definition) is 1. The van der Waals surface area contributed by atoms with Gasteiger partial charge in [-0.3, -0.25) is 4.79 Å². The van der Waals surface area contributed by atoms with Gasteiger partial charge in [0, 0.05) is 5.56 Å². The Hall–Kier alpha value is -3.72. The molecule has 0 radical (unpaired) electrons. The van der Waals surface area contributed by atoms with E-state index >= 15 is 0 Å². The van der Waals surface area contributed by atoms with Crippen molar-refractivity contribution in [1.29, 1.82) is 0 Å². The highest BCUT2D eigenvalue weighted by Crippen LogP contribution is 2.43. The minimum Gasteiger partial charge on any atom is -0.485 e. The van der Waals surface area contributed by atoms with E-state index in [0.29, 0.717) is 35.3 Å². The molecule has 5 rings (SSSR count). The molecule has 9 heteroatoms. The standard InChI is InChI=1S/C22H18N2O6S/c25-21-13-24(31(26,27)23-21)15-9-11-17(12-10-15)30-20-14-28-22-18(20)7-4-8-19(22)29-16-5-2-1-3-6-16/h1-12,20H,13-14H2,(H,23,25)/t20-/m1/s1. The number of hydrogen-bond acceptors (Lipinski definition) is 6. The molecule has 2 heterocycles. The lowest BCUT2D eigenvalue weighted by Crippen LogP contribution is -2.29. The molecular weight excluding hydrogens is 420 g/mol. The molecule has 2 aliphatic heterocycles. The SMILES string of the molecule is O=C1CN(c2ccc(O[C@@H]3COc4c(Oc5ccccc5)cccc43)cc2)S(=O)(=O)N1. The van der Waals surface area contributed by atoms with Crippen molar-refractivity contribution in [2.75, 3.05) is 17.5 Å². The molecule has 1 atom stereocenters. The van der Waals surface area contributed by atoms with Crippen LogP contribution in [0.4, 0.5) is 5.69 Å². The number of nitrogens with one attached hydrogen (secondary N) is 1. The van der Waals surface area contributed by atoms with Gasteiger partial charge in [-0.15, -0.1) is 0 Å². The summed E-state index contributed by atoms with van der Waals surface area (Å²) in [5, 5.41) is 0. The van der Waals surface area contributed by atoms with Crippen molar-refractivity contribution in [2.24, 2.45) is 0 Å². The lowest BCUT2D eigenvalue weighted by molar-refractivity contribution is -0.117. The second-order valence-corrected chi connectivity index (χ2v) is 8.63. The van der Waals surface area contributed by atoms with Crippen LogP contribution in [0.5, 0.6) is 23.0 Å². The van der Waals surface area contributed by atoms with Crippen molar-refractivity contribution in [2.45, 2.75) is 6.10 Å². The molecule has 8 nitrogen and oxygen atoms in total. The molecule has 0 aliphatic carbocycles. The molecule has 1 amide bonds. The van der Waals surface area contributed by atoms with Gasteiger partial charge < -0.3 is 14.2 Å². The van der Waals surface area contributed by atoms with E-state index in [-0.39, 0.29) is 12.6 Å². The van der Waals surface area contributed by atoms with Crippen LogP contribution in [-0.4, -0.2) is 27.5 Å². The largest absolute Gasteiger partial charge is 0.485 e. The fourth-order valence-electron chi connectivity index (χ4n) is 3.51. The van der Waals surface area contributed by atoms with Crippen LogP contribution in [0.2, 0.25) is 0 Å². The summed E-state index contributed by atoms with van der Waals surface area (Å²) in [6, 6.07) is 21.6. The summed E-state index contributed by atoms with van der Waals surface area (Å²) in [4.78, 5) is 11.4. The molecule has 0 bridgehead atoms. The Morgan fingerprint density at radius 3 is 2.42 bits per heavy atom. The number of anilines is 1. The van der Waals surface area contributed by atoms with Crippen molar-refractivity contribution in [1.82, 2.24) is 4.72 Å². The van der Waals surface area contributed by atoms with E-state index in [9.17, 15) is 13.2 Å². The average molecular weight is 438 g/mol. The molecule has 1 fully saturated rings. The number of ether oxygens (including phenoxy) is 3. The molecule has 1 N–H and O–H groups in total. The summed E-state index contributed by atoms with van der Waals surface area (Å²) < 4.78 is 44.8. The minimum absolute atomic E-state index is 0.240. The molecule has 2 aliphatic rings. The second-order valence-electron chi connectivity index (χ2n) is 7.04. The maximum atomic E-state index is 12.0. The predicted octanol–water partition coefficient (Wildman–Crippen LogP) is 3.17. The first-order valence-corrected chi connectivity index (χ1v) is 11.0. The van der Waals surface area contributed by atoms with Crippen LogP contribution in [0, 0.1) is 0 Å². The van der Waals surface area contributed by atoms with Crippen molar-refractivity contribution < 1.29 is 27.4 Å². The zero-order valence-corrected chi connectivity index (χ0v) is 17.0.